The Balaban J connectivity index is 0.000000235. The lowest BCUT2D eigenvalue weighted by Crippen LogP contribution is -2.52. The first-order valence-corrected chi connectivity index (χ1v) is 20.2. The molecule has 3 aliphatic carbocycles. The Morgan fingerprint density at radius 1 is 0.870 bits per heavy atom. The van der Waals surface area contributed by atoms with Gasteiger partial charge in [-0.05, 0) is 103 Å². The van der Waals surface area contributed by atoms with Crippen molar-refractivity contribution in [3.8, 4) is 17.5 Å². The van der Waals surface area contributed by atoms with Crippen LogP contribution in [0, 0.1) is 12.7 Å². The van der Waals surface area contributed by atoms with Gasteiger partial charge in [0.25, 0.3) is 11.8 Å². The van der Waals surface area contributed by atoms with Gasteiger partial charge < -0.3 is 23.8 Å². The lowest BCUT2D eigenvalue weighted by Gasteiger charge is -2.43. The second-order valence-electron chi connectivity index (χ2n) is 15.6. The Labute approximate surface area is 312 Å². The molecule has 3 saturated carbocycles. The van der Waals surface area contributed by atoms with Gasteiger partial charge in [-0.1, -0.05) is 5.06 Å². The number of carbonyl (C=O) groups is 4. The maximum atomic E-state index is 14.8. The van der Waals surface area contributed by atoms with Crippen LogP contribution in [0.15, 0.2) is 29.4 Å². The van der Waals surface area contributed by atoms with Gasteiger partial charge in [0.1, 0.15) is 23.6 Å². The number of sulfone groups is 1. The van der Waals surface area contributed by atoms with Crippen molar-refractivity contribution in [3.05, 3.63) is 35.9 Å². The molecule has 2 aromatic rings. The molecule has 292 valence electrons. The van der Waals surface area contributed by atoms with Gasteiger partial charge in [0.05, 0.1) is 15.7 Å². The number of imide groups is 1. The summed E-state index contributed by atoms with van der Waals surface area (Å²) < 4.78 is 62.4. The number of hydrogen-bond acceptors (Lipinski definition) is 13. The zero-order valence-electron chi connectivity index (χ0n) is 30.6. The Bertz CT molecular complexity index is 1900. The van der Waals surface area contributed by atoms with Gasteiger partial charge in [-0.15, -0.1) is 0 Å². The van der Waals surface area contributed by atoms with Crippen molar-refractivity contribution in [2.45, 2.75) is 150 Å². The molecular weight excluding hydrogens is 727 g/mol. The predicted molar refractivity (Wildman–Crippen MR) is 185 cm³/mol. The summed E-state index contributed by atoms with van der Waals surface area (Å²) in [5.74, 6) is -1.44. The summed E-state index contributed by atoms with van der Waals surface area (Å²) in [5, 5.41) is 0.0703. The topological polar surface area (TPSA) is 181 Å². The third-order valence-corrected chi connectivity index (χ3v) is 13.5. The van der Waals surface area contributed by atoms with Crippen molar-refractivity contribution in [1.82, 2.24) is 19.9 Å². The van der Waals surface area contributed by atoms with E-state index < -0.39 is 44.5 Å². The van der Waals surface area contributed by atoms with Gasteiger partial charge in [0, 0.05) is 37.8 Å². The number of ether oxygens (including phenoxy) is 4. The largest absolute Gasteiger partial charge is 0.534 e. The molecular formula is C37H45FN4O11S. The number of hydrogen-bond donors (Lipinski definition) is 0. The van der Waals surface area contributed by atoms with Crippen LogP contribution in [-0.2, 0) is 33.7 Å². The van der Waals surface area contributed by atoms with E-state index >= 15 is 0 Å². The number of aromatic nitrogens is 2. The van der Waals surface area contributed by atoms with E-state index in [4.69, 9.17) is 18.9 Å². The molecule has 8 rings (SSSR count). The van der Waals surface area contributed by atoms with Crippen molar-refractivity contribution in [1.29, 1.82) is 0 Å². The molecule has 2 unspecified atom stereocenters. The normalized spacial score (nSPS) is 25.1. The third kappa shape index (κ3) is 7.96. The molecule has 3 saturated heterocycles. The molecule has 0 radical (unpaired) electrons. The highest BCUT2D eigenvalue weighted by atomic mass is 32.2. The average molecular weight is 773 g/mol. The summed E-state index contributed by atoms with van der Waals surface area (Å²) in [7, 11) is -3.50. The number of hydroxylamine groups is 2. The highest BCUT2D eigenvalue weighted by Gasteiger charge is 2.47. The van der Waals surface area contributed by atoms with Crippen LogP contribution in [0.3, 0.4) is 0 Å². The van der Waals surface area contributed by atoms with Crippen molar-refractivity contribution < 1.29 is 55.8 Å². The van der Waals surface area contributed by atoms with Gasteiger partial charge in [-0.25, -0.2) is 32.4 Å². The van der Waals surface area contributed by atoms with Crippen LogP contribution in [-0.4, -0.2) is 87.1 Å². The number of fused-ring (bicyclic) bond motifs is 2. The quantitative estimate of drug-likeness (QED) is 0.206. The summed E-state index contributed by atoms with van der Waals surface area (Å²) in [5.41, 5.74) is -0.319. The van der Waals surface area contributed by atoms with Crippen LogP contribution in [0.5, 0.6) is 17.5 Å². The lowest BCUT2D eigenvalue weighted by molar-refractivity contribution is -0.184. The molecule has 6 aliphatic rings. The van der Waals surface area contributed by atoms with Crippen LogP contribution >= 0.6 is 0 Å². The Morgan fingerprint density at radius 3 is 2.02 bits per heavy atom. The fraction of sp³-hybridized carbons (Fsp3) is 0.622. The fourth-order valence-electron chi connectivity index (χ4n) is 7.51. The minimum Gasteiger partial charge on any atom is -0.474 e. The van der Waals surface area contributed by atoms with Crippen LogP contribution in [0.25, 0.3) is 0 Å². The average Bonchev–Trinajstić information content (AvgIpc) is 3.87. The van der Waals surface area contributed by atoms with Crippen molar-refractivity contribution in [2.75, 3.05) is 0 Å². The monoisotopic (exact) mass is 772 g/mol. The number of halogens is 1. The second-order valence-corrected chi connectivity index (χ2v) is 17.8. The van der Waals surface area contributed by atoms with E-state index in [-0.39, 0.29) is 59.2 Å². The van der Waals surface area contributed by atoms with E-state index in [1.165, 1.54) is 18.5 Å². The summed E-state index contributed by atoms with van der Waals surface area (Å²) in [4.78, 5) is 61.3. The van der Waals surface area contributed by atoms with Crippen LogP contribution < -0.4 is 9.47 Å². The van der Waals surface area contributed by atoms with E-state index in [0.29, 0.717) is 42.2 Å². The van der Waals surface area contributed by atoms with Gasteiger partial charge in [-0.3, -0.25) is 14.4 Å². The molecule has 3 atom stereocenters. The zero-order valence-corrected chi connectivity index (χ0v) is 31.4. The molecule has 15 nitrogen and oxygen atoms in total. The molecule has 2 bridgehead atoms. The van der Waals surface area contributed by atoms with E-state index in [2.05, 4.69) is 14.8 Å². The molecule has 17 heteroatoms. The van der Waals surface area contributed by atoms with Crippen molar-refractivity contribution in [2.24, 2.45) is 0 Å². The van der Waals surface area contributed by atoms with E-state index in [1.807, 2.05) is 11.8 Å². The number of piperidine rings is 1. The first kappa shape index (κ1) is 37.8. The Morgan fingerprint density at radius 2 is 1.46 bits per heavy atom. The van der Waals surface area contributed by atoms with Gasteiger partial charge >= 0.3 is 12.2 Å². The maximum Gasteiger partial charge on any atom is 0.534 e. The second kappa shape index (κ2) is 14.6. The summed E-state index contributed by atoms with van der Waals surface area (Å²) in [6.07, 6.45) is 10.0. The minimum absolute atomic E-state index is 0.0417. The van der Waals surface area contributed by atoms with Gasteiger partial charge in [-0.2, -0.15) is 0 Å². The van der Waals surface area contributed by atoms with Crippen LogP contribution in [0.2, 0.25) is 0 Å². The molecule has 6 fully saturated rings. The minimum atomic E-state index is -3.50. The van der Waals surface area contributed by atoms with Crippen molar-refractivity contribution in [3.63, 3.8) is 0 Å². The predicted octanol–water partition coefficient (Wildman–Crippen LogP) is 6.25. The van der Waals surface area contributed by atoms with E-state index in [0.717, 1.165) is 57.4 Å². The van der Waals surface area contributed by atoms with Crippen molar-refractivity contribution >= 4 is 33.9 Å². The Kier molecular flexibility index (Phi) is 10.2. The smallest absolute Gasteiger partial charge is 0.474 e. The number of nitrogens with zero attached hydrogens (tertiary/aromatic N) is 4. The first-order valence-electron chi connectivity index (χ1n) is 18.6. The van der Waals surface area contributed by atoms with Crippen LogP contribution in [0.1, 0.15) is 109 Å². The summed E-state index contributed by atoms with van der Waals surface area (Å²) in [6.45, 7) is 5.53. The first-order chi connectivity index (χ1) is 25.6. The van der Waals surface area contributed by atoms with E-state index in [9.17, 15) is 32.0 Å². The molecule has 0 spiro atoms. The third-order valence-electron chi connectivity index (χ3n) is 11.2. The van der Waals surface area contributed by atoms with Gasteiger partial charge in [0.2, 0.25) is 11.8 Å². The number of carbonyl (C=O) groups excluding carboxylic acids is 4. The standard InChI is InChI=1S/C27H32FN3O6S.C10H13NO5/c1-16-24(35-19-12-17-4-5-18(13-19)31(17)26(32)37-27(2)10-3-11-27)29-15-30-25(16)36-23-9-8-21(14-22(23)28)38(33,34)20-6-7-20;1-10(5-2-6-10)15-9(14)16-11-7(12)3-4-8(11)13/h8-9,14-15,17-20H,3-7,10-13H2,1-2H3;2-6H2,1H3/t17-,18?,19?;/m0./s1. The maximum absolute atomic E-state index is 14.8. The number of benzene rings is 1. The molecule has 1 aromatic carbocycles. The molecule has 3 amide bonds. The highest BCUT2D eigenvalue weighted by Crippen LogP contribution is 2.42. The van der Waals surface area contributed by atoms with Crippen LogP contribution in [0.4, 0.5) is 14.0 Å². The SMILES string of the molecule is CC1(OC(=O)ON2C(=O)CCC2=O)CCC1.Cc1c(Oc2ccc(S(=O)(=O)C3CC3)cc2F)ncnc1OC1CC2CC[C@@H](C1)N2C(=O)OC1(C)CCC1. The molecule has 4 heterocycles. The summed E-state index contributed by atoms with van der Waals surface area (Å²) in [6, 6.07) is 3.79. The zero-order chi connectivity index (χ0) is 38.4. The molecule has 0 N–H and O–H groups in total. The lowest BCUT2D eigenvalue weighted by atomic mass is 9.82. The number of rotatable bonds is 9. The van der Waals surface area contributed by atoms with E-state index in [1.54, 1.807) is 13.8 Å². The molecule has 3 aliphatic heterocycles. The molecule has 1 aromatic heterocycles. The molecule has 54 heavy (non-hydrogen) atoms. The number of amides is 3. The highest BCUT2D eigenvalue weighted by molar-refractivity contribution is 7.92. The van der Waals surface area contributed by atoms with Gasteiger partial charge in [0.15, 0.2) is 21.4 Å². The Hall–Kier alpha value is -4.54. The fourth-order valence-corrected chi connectivity index (χ4v) is 9.17. The summed E-state index contributed by atoms with van der Waals surface area (Å²) >= 11 is 0.